The minimum atomic E-state index is -4.55. The summed E-state index contributed by atoms with van der Waals surface area (Å²) in [5.41, 5.74) is 5.84. The molecule has 26 heavy (non-hydrogen) atoms. The fraction of sp³-hybridized carbons (Fsp3) is 0.500. The van der Waals surface area contributed by atoms with Gasteiger partial charge in [0.1, 0.15) is 5.75 Å². The van der Waals surface area contributed by atoms with E-state index in [4.69, 9.17) is 10.5 Å². The first-order chi connectivity index (χ1) is 11.7. The maximum Gasteiger partial charge on any atom is 0.422 e. The van der Waals surface area contributed by atoms with Gasteiger partial charge in [-0.1, -0.05) is 0 Å². The van der Waals surface area contributed by atoms with Crippen molar-refractivity contribution >= 4 is 30.0 Å². The zero-order valence-electron chi connectivity index (χ0n) is 14.0. The van der Waals surface area contributed by atoms with E-state index >= 15 is 0 Å². The van der Waals surface area contributed by atoms with E-state index in [-0.39, 0.29) is 47.3 Å². The van der Waals surface area contributed by atoms with E-state index in [0.717, 1.165) is 19.6 Å². The van der Waals surface area contributed by atoms with Gasteiger partial charge < -0.3 is 20.5 Å². The van der Waals surface area contributed by atoms with Crippen molar-refractivity contribution < 1.29 is 32.2 Å². The van der Waals surface area contributed by atoms with E-state index in [2.05, 4.69) is 10.1 Å². The second kappa shape index (κ2) is 9.09. The summed E-state index contributed by atoms with van der Waals surface area (Å²) in [6.45, 7) is -1.55. The molecule has 1 aliphatic carbocycles. The van der Waals surface area contributed by atoms with Crippen LogP contribution in [0.5, 0.6) is 5.75 Å². The molecule has 1 saturated carbocycles. The molecule has 0 saturated heterocycles. The van der Waals surface area contributed by atoms with E-state index in [0.29, 0.717) is 12.8 Å². The van der Waals surface area contributed by atoms with Crippen LogP contribution in [0.2, 0.25) is 0 Å². The van der Waals surface area contributed by atoms with Crippen LogP contribution in [0.25, 0.3) is 0 Å². The minimum absolute atomic E-state index is 0. The number of ether oxygens (including phenoxy) is 2. The Morgan fingerprint density at radius 2 is 2.00 bits per heavy atom. The number of amides is 1. The van der Waals surface area contributed by atoms with Crippen LogP contribution in [0.1, 0.15) is 29.6 Å². The second-order valence-corrected chi connectivity index (χ2v) is 5.87. The molecule has 1 fully saturated rings. The largest absolute Gasteiger partial charge is 0.482 e. The van der Waals surface area contributed by atoms with Crippen LogP contribution in [-0.2, 0) is 9.53 Å². The highest BCUT2D eigenvalue weighted by molar-refractivity contribution is 5.96. The van der Waals surface area contributed by atoms with Crippen molar-refractivity contribution in [3.63, 3.8) is 0 Å². The van der Waals surface area contributed by atoms with Gasteiger partial charge in [0.25, 0.3) is 0 Å². The summed E-state index contributed by atoms with van der Waals surface area (Å²) in [7, 11) is 1.15. The topological polar surface area (TPSA) is 90.7 Å². The van der Waals surface area contributed by atoms with Gasteiger partial charge in [-0.2, -0.15) is 13.2 Å². The molecule has 0 spiro atoms. The fourth-order valence-electron chi connectivity index (χ4n) is 2.64. The Bertz CT molecular complexity index is 655. The standard InChI is InChI=1S/C16H19F3N2O4.ClH/c1-24-15(23)10-3-5-12(13(7-10)25-8-16(17,18)19)21-14(22)9-2-4-11(20)6-9;/h3,5,7,9,11H,2,4,6,8,20H2,1H3,(H,21,22);1H. The number of halogens is 4. The molecule has 2 rings (SSSR count). The summed E-state index contributed by atoms with van der Waals surface area (Å²) >= 11 is 0. The van der Waals surface area contributed by atoms with Crippen LogP contribution in [0.15, 0.2) is 18.2 Å². The predicted octanol–water partition coefficient (Wildman–Crippen LogP) is 2.90. The summed E-state index contributed by atoms with van der Waals surface area (Å²) in [5, 5.41) is 2.55. The summed E-state index contributed by atoms with van der Waals surface area (Å²) < 4.78 is 46.6. The van der Waals surface area contributed by atoms with E-state index in [1.165, 1.54) is 12.1 Å². The van der Waals surface area contributed by atoms with Crippen LogP contribution in [0.3, 0.4) is 0 Å². The summed E-state index contributed by atoms with van der Waals surface area (Å²) in [6, 6.07) is 3.69. The number of carbonyl (C=O) groups is 2. The van der Waals surface area contributed by atoms with Crippen molar-refractivity contribution in [2.75, 3.05) is 19.0 Å². The molecule has 3 N–H and O–H groups in total. The summed E-state index contributed by atoms with van der Waals surface area (Å²) in [6.07, 6.45) is -2.70. The average Bonchev–Trinajstić information content (AvgIpc) is 2.99. The van der Waals surface area contributed by atoms with Crippen LogP contribution >= 0.6 is 12.4 Å². The Morgan fingerprint density at radius 1 is 1.31 bits per heavy atom. The monoisotopic (exact) mass is 396 g/mol. The molecule has 2 unspecified atom stereocenters. The van der Waals surface area contributed by atoms with Gasteiger partial charge in [-0.15, -0.1) is 12.4 Å². The minimum Gasteiger partial charge on any atom is -0.482 e. The Kier molecular flexibility index (Phi) is 7.70. The fourth-order valence-corrected chi connectivity index (χ4v) is 2.64. The van der Waals surface area contributed by atoms with Gasteiger partial charge in [0.05, 0.1) is 18.4 Å². The molecule has 1 aromatic rings. The van der Waals surface area contributed by atoms with Crippen LogP contribution < -0.4 is 15.8 Å². The number of methoxy groups -OCH3 is 1. The van der Waals surface area contributed by atoms with Crippen LogP contribution in [-0.4, -0.2) is 37.8 Å². The van der Waals surface area contributed by atoms with Gasteiger partial charge in [0, 0.05) is 12.0 Å². The number of nitrogens with two attached hydrogens (primary N) is 1. The number of carbonyl (C=O) groups excluding carboxylic acids is 2. The predicted molar refractivity (Wildman–Crippen MR) is 90.5 cm³/mol. The first kappa shape index (κ1) is 22.0. The quantitative estimate of drug-likeness (QED) is 0.747. The van der Waals surface area contributed by atoms with E-state index < -0.39 is 18.8 Å². The zero-order chi connectivity index (χ0) is 18.6. The molecule has 2 atom stereocenters. The Hall–Kier alpha value is -2.00. The molecule has 0 bridgehead atoms. The molecule has 1 aliphatic rings. The van der Waals surface area contributed by atoms with E-state index in [1.807, 2.05) is 0 Å². The van der Waals surface area contributed by atoms with Gasteiger partial charge >= 0.3 is 12.1 Å². The Balaban J connectivity index is 0.00000338. The number of alkyl halides is 3. The second-order valence-electron chi connectivity index (χ2n) is 5.87. The SMILES string of the molecule is COC(=O)c1ccc(NC(=O)C2CCC(N)C2)c(OCC(F)(F)F)c1.Cl. The highest BCUT2D eigenvalue weighted by atomic mass is 35.5. The van der Waals surface area contributed by atoms with Gasteiger partial charge in [0.15, 0.2) is 6.61 Å². The first-order valence-electron chi connectivity index (χ1n) is 7.68. The first-order valence-corrected chi connectivity index (χ1v) is 7.68. The van der Waals surface area contributed by atoms with E-state index in [9.17, 15) is 22.8 Å². The zero-order valence-corrected chi connectivity index (χ0v) is 14.8. The molecular weight excluding hydrogens is 377 g/mol. The summed E-state index contributed by atoms with van der Waals surface area (Å²) in [5.74, 6) is -1.62. The molecule has 1 aromatic carbocycles. The maximum absolute atomic E-state index is 12.4. The molecule has 0 aromatic heterocycles. The lowest BCUT2D eigenvalue weighted by atomic mass is 10.1. The molecule has 0 heterocycles. The number of benzene rings is 1. The maximum atomic E-state index is 12.4. The molecule has 146 valence electrons. The molecule has 0 radical (unpaired) electrons. The number of nitrogens with one attached hydrogen (secondary N) is 1. The number of rotatable bonds is 5. The third kappa shape index (κ3) is 6.06. The van der Waals surface area contributed by atoms with Crippen molar-refractivity contribution in [2.24, 2.45) is 11.7 Å². The van der Waals surface area contributed by atoms with Crippen molar-refractivity contribution in [2.45, 2.75) is 31.5 Å². The van der Waals surface area contributed by atoms with E-state index in [1.54, 1.807) is 0 Å². The molecular formula is C16H20ClF3N2O4. The molecule has 10 heteroatoms. The van der Waals surface area contributed by atoms with Gasteiger partial charge in [-0.3, -0.25) is 4.79 Å². The summed E-state index contributed by atoms with van der Waals surface area (Å²) in [4.78, 5) is 23.8. The highest BCUT2D eigenvalue weighted by Gasteiger charge is 2.30. The normalized spacial score (nSPS) is 19.4. The van der Waals surface area contributed by atoms with Gasteiger partial charge in [0.2, 0.25) is 5.91 Å². The lowest BCUT2D eigenvalue weighted by Crippen LogP contribution is -2.24. The lowest BCUT2D eigenvalue weighted by Gasteiger charge is -2.16. The number of hydrogen-bond acceptors (Lipinski definition) is 5. The van der Waals surface area contributed by atoms with Crippen molar-refractivity contribution in [1.82, 2.24) is 0 Å². The number of anilines is 1. The number of esters is 1. The van der Waals surface area contributed by atoms with Crippen molar-refractivity contribution in [3.8, 4) is 5.75 Å². The third-order valence-electron chi connectivity index (χ3n) is 3.90. The molecule has 1 amide bonds. The molecule has 6 nitrogen and oxygen atoms in total. The Morgan fingerprint density at radius 3 is 2.54 bits per heavy atom. The van der Waals surface area contributed by atoms with Crippen molar-refractivity contribution in [3.05, 3.63) is 23.8 Å². The van der Waals surface area contributed by atoms with Crippen LogP contribution in [0, 0.1) is 5.92 Å². The van der Waals surface area contributed by atoms with Crippen LogP contribution in [0.4, 0.5) is 18.9 Å². The smallest absolute Gasteiger partial charge is 0.422 e. The third-order valence-corrected chi connectivity index (χ3v) is 3.90. The van der Waals surface area contributed by atoms with Gasteiger partial charge in [-0.05, 0) is 37.5 Å². The number of hydrogen-bond donors (Lipinski definition) is 2. The van der Waals surface area contributed by atoms with Gasteiger partial charge in [-0.25, -0.2) is 4.79 Å². The highest BCUT2D eigenvalue weighted by Crippen LogP contribution is 2.31. The Labute approximate surface area is 154 Å². The average molecular weight is 397 g/mol. The lowest BCUT2D eigenvalue weighted by molar-refractivity contribution is -0.153. The molecule has 0 aliphatic heterocycles. The van der Waals surface area contributed by atoms with Crippen molar-refractivity contribution in [1.29, 1.82) is 0 Å².